The molecule has 192 valence electrons. The first-order valence-corrected chi connectivity index (χ1v) is 13.1. The number of benzene rings is 1. The van der Waals surface area contributed by atoms with E-state index >= 15 is 8.78 Å². The first kappa shape index (κ1) is 24.6. The first-order valence-electron chi connectivity index (χ1n) is 11.6. The van der Waals surface area contributed by atoms with Gasteiger partial charge in [0.1, 0.15) is 17.3 Å². The third-order valence-electron chi connectivity index (χ3n) is 6.34. The van der Waals surface area contributed by atoms with Crippen LogP contribution in [0.2, 0.25) is 0 Å². The van der Waals surface area contributed by atoms with Crippen LogP contribution in [0.5, 0.6) is 0 Å². The summed E-state index contributed by atoms with van der Waals surface area (Å²) in [4.78, 5) is 17.5. The Morgan fingerprint density at radius 1 is 1.25 bits per heavy atom. The van der Waals surface area contributed by atoms with Crippen LogP contribution >= 0.6 is 0 Å². The summed E-state index contributed by atoms with van der Waals surface area (Å²) in [6.07, 6.45) is 2.41. The molecule has 12 heteroatoms. The number of morpholine rings is 1. The fraction of sp³-hybridized carbons (Fsp3) is 0.417. The fourth-order valence-corrected chi connectivity index (χ4v) is 5.69. The zero-order chi connectivity index (χ0) is 25.6. The lowest BCUT2D eigenvalue weighted by Crippen LogP contribution is -2.46. The van der Waals surface area contributed by atoms with Crippen LogP contribution in [-0.4, -0.2) is 67.7 Å². The van der Waals surface area contributed by atoms with Crippen molar-refractivity contribution in [3.8, 4) is 11.3 Å². The van der Waals surface area contributed by atoms with E-state index in [4.69, 9.17) is 9.47 Å². The van der Waals surface area contributed by atoms with Crippen molar-refractivity contribution in [2.24, 2.45) is 0 Å². The van der Waals surface area contributed by atoms with Gasteiger partial charge >= 0.3 is 6.09 Å². The molecule has 3 heterocycles. The summed E-state index contributed by atoms with van der Waals surface area (Å²) in [5.74, 6) is -2.07. The lowest BCUT2D eigenvalue weighted by atomic mass is 10.0. The van der Waals surface area contributed by atoms with Crippen molar-refractivity contribution in [3.63, 3.8) is 0 Å². The fourth-order valence-electron chi connectivity index (χ4n) is 4.37. The molecule has 0 unspecified atom stereocenters. The van der Waals surface area contributed by atoms with E-state index < -0.39 is 44.3 Å². The Morgan fingerprint density at radius 2 is 1.97 bits per heavy atom. The molecule has 1 aliphatic heterocycles. The molecule has 3 aromatic rings. The molecular formula is C24H26F2N4O5S. The smallest absolute Gasteiger partial charge is 0.409 e. The molecule has 0 radical (unpaired) electrons. The van der Waals surface area contributed by atoms with E-state index in [1.54, 1.807) is 16.7 Å². The topological polar surface area (TPSA) is 102 Å². The van der Waals surface area contributed by atoms with E-state index in [0.29, 0.717) is 30.7 Å². The lowest BCUT2D eigenvalue weighted by molar-refractivity contribution is -0.0241. The zero-order valence-electron chi connectivity index (χ0n) is 19.8. The Hall–Kier alpha value is -3.09. The third-order valence-corrected chi connectivity index (χ3v) is 7.84. The van der Waals surface area contributed by atoms with Gasteiger partial charge in [0.2, 0.25) is 10.0 Å². The summed E-state index contributed by atoms with van der Waals surface area (Å²) in [5, 5.41) is 0. The molecule has 5 rings (SSSR count). The Balaban J connectivity index is 1.56. The van der Waals surface area contributed by atoms with E-state index in [1.807, 2.05) is 13.0 Å². The van der Waals surface area contributed by atoms with Crippen molar-refractivity contribution in [1.82, 2.24) is 19.0 Å². The van der Waals surface area contributed by atoms with Gasteiger partial charge in [0, 0.05) is 25.2 Å². The number of pyridine rings is 1. The van der Waals surface area contributed by atoms with Gasteiger partial charge in [-0.1, -0.05) is 0 Å². The largest absolute Gasteiger partial charge is 0.453 e. The van der Waals surface area contributed by atoms with Crippen LogP contribution in [0.25, 0.3) is 16.9 Å². The van der Waals surface area contributed by atoms with Crippen molar-refractivity contribution in [2.75, 3.05) is 26.8 Å². The van der Waals surface area contributed by atoms with Crippen molar-refractivity contribution in [3.05, 3.63) is 53.4 Å². The Bertz CT molecular complexity index is 1410. The van der Waals surface area contributed by atoms with E-state index in [9.17, 15) is 13.2 Å². The molecule has 1 saturated heterocycles. The second-order valence-electron chi connectivity index (χ2n) is 9.11. The SMILES string of the molecule is COC(=O)N1CCO[C@@H](Cc2c(-c3c(F)cc(S(=O)(=O)NC4CC4)cc3F)nc3cc(C)ccn23)C1. The monoisotopic (exact) mass is 520 g/mol. The van der Waals surface area contributed by atoms with E-state index in [0.717, 1.165) is 17.7 Å². The average Bonchev–Trinajstić information content (AvgIpc) is 3.58. The van der Waals surface area contributed by atoms with Crippen LogP contribution < -0.4 is 4.72 Å². The molecule has 36 heavy (non-hydrogen) atoms. The van der Waals surface area contributed by atoms with Crippen molar-refractivity contribution >= 4 is 21.8 Å². The summed E-state index contributed by atoms with van der Waals surface area (Å²) < 4.78 is 70.6. The molecule has 9 nitrogen and oxygen atoms in total. The standard InChI is InChI=1S/C24H26F2N4O5S/c1-14-5-6-30-20(10-16-13-29(7-8-35-16)24(31)34-2)23(27-21(30)9-14)22-18(25)11-17(12-19(22)26)36(32,33)28-15-3-4-15/h5-6,9,11-12,15-16,28H,3-4,7-8,10,13H2,1-2H3/t16-/m0/s1. The Labute approximate surface area is 207 Å². The van der Waals surface area contributed by atoms with Crippen molar-refractivity contribution < 1.29 is 31.5 Å². The number of rotatable bonds is 6. The molecule has 2 aromatic heterocycles. The van der Waals surface area contributed by atoms with Gasteiger partial charge in [0.05, 0.1) is 48.2 Å². The maximum Gasteiger partial charge on any atom is 0.409 e. The highest BCUT2D eigenvalue weighted by atomic mass is 32.2. The summed E-state index contributed by atoms with van der Waals surface area (Å²) in [6.45, 7) is 2.77. The number of halogens is 2. The van der Waals surface area contributed by atoms with E-state index in [-0.39, 0.29) is 31.3 Å². The highest BCUT2D eigenvalue weighted by Crippen LogP contribution is 2.33. The Morgan fingerprint density at radius 3 is 2.64 bits per heavy atom. The number of aromatic nitrogens is 2. The van der Waals surface area contributed by atoms with Crippen LogP contribution in [0.15, 0.2) is 35.4 Å². The number of carbonyl (C=O) groups excluding carboxylic acids is 1. The number of carbonyl (C=O) groups is 1. The molecule has 1 atom stereocenters. The van der Waals surface area contributed by atoms with E-state index in [1.165, 1.54) is 12.0 Å². The normalized spacial score (nSPS) is 18.6. The highest BCUT2D eigenvalue weighted by Gasteiger charge is 2.32. The third kappa shape index (κ3) is 4.80. The molecule has 1 aliphatic carbocycles. The second kappa shape index (κ2) is 9.41. The quantitative estimate of drug-likeness (QED) is 0.536. The molecule has 2 aliphatic rings. The average molecular weight is 521 g/mol. The minimum Gasteiger partial charge on any atom is -0.453 e. The van der Waals surface area contributed by atoms with Crippen LogP contribution in [0.3, 0.4) is 0 Å². The van der Waals surface area contributed by atoms with Crippen LogP contribution in [-0.2, 0) is 25.9 Å². The van der Waals surface area contributed by atoms with Crippen LogP contribution in [0.1, 0.15) is 24.1 Å². The summed E-state index contributed by atoms with van der Waals surface area (Å²) in [7, 11) is -2.75. The molecule has 2 fully saturated rings. The highest BCUT2D eigenvalue weighted by molar-refractivity contribution is 7.89. The first-order chi connectivity index (χ1) is 17.2. The number of nitrogens with one attached hydrogen (secondary N) is 1. The number of aryl methyl sites for hydroxylation is 1. The molecule has 0 bridgehead atoms. The predicted octanol–water partition coefficient (Wildman–Crippen LogP) is 3.04. The molecular weight excluding hydrogens is 494 g/mol. The van der Waals surface area contributed by atoms with Gasteiger partial charge in [-0.3, -0.25) is 0 Å². The maximum atomic E-state index is 15.4. The summed E-state index contributed by atoms with van der Waals surface area (Å²) in [6, 6.07) is 5.06. The number of amides is 1. The second-order valence-corrected chi connectivity index (χ2v) is 10.8. The van der Waals surface area contributed by atoms with Gasteiger partial charge < -0.3 is 18.8 Å². The van der Waals surface area contributed by atoms with E-state index in [2.05, 4.69) is 9.71 Å². The molecule has 1 aromatic carbocycles. The number of sulfonamides is 1. The minimum atomic E-state index is -4.05. The molecule has 1 saturated carbocycles. The maximum absolute atomic E-state index is 15.4. The minimum absolute atomic E-state index is 0.0495. The summed E-state index contributed by atoms with van der Waals surface area (Å²) >= 11 is 0. The van der Waals surface area contributed by atoms with Crippen molar-refractivity contribution in [2.45, 2.75) is 43.2 Å². The summed E-state index contributed by atoms with van der Waals surface area (Å²) in [5.41, 5.74) is 1.49. The van der Waals surface area contributed by atoms with Crippen LogP contribution in [0, 0.1) is 18.6 Å². The number of ether oxygens (including phenoxy) is 2. The number of nitrogens with zero attached hydrogens (tertiary/aromatic N) is 3. The number of fused-ring (bicyclic) bond motifs is 1. The lowest BCUT2D eigenvalue weighted by Gasteiger charge is -2.32. The van der Waals surface area contributed by atoms with Gasteiger partial charge in [0.15, 0.2) is 0 Å². The molecule has 1 amide bonds. The zero-order valence-corrected chi connectivity index (χ0v) is 20.6. The molecule has 0 spiro atoms. The van der Waals surface area contributed by atoms with Gasteiger partial charge in [0.25, 0.3) is 0 Å². The number of methoxy groups -OCH3 is 1. The van der Waals surface area contributed by atoms with Gasteiger partial charge in [-0.05, 0) is 49.6 Å². The number of hydrogen-bond acceptors (Lipinski definition) is 6. The van der Waals surface area contributed by atoms with Gasteiger partial charge in [-0.15, -0.1) is 0 Å². The molecule has 1 N–H and O–H groups in total. The Kier molecular flexibility index (Phi) is 6.43. The van der Waals surface area contributed by atoms with Gasteiger partial charge in [-0.2, -0.15) is 0 Å². The number of hydrogen-bond donors (Lipinski definition) is 1. The van der Waals surface area contributed by atoms with Crippen LogP contribution in [0.4, 0.5) is 13.6 Å². The number of imidazole rings is 1. The van der Waals surface area contributed by atoms with Gasteiger partial charge in [-0.25, -0.2) is 31.7 Å². The van der Waals surface area contributed by atoms with Crippen molar-refractivity contribution in [1.29, 1.82) is 0 Å². The predicted molar refractivity (Wildman–Crippen MR) is 126 cm³/mol.